The number of hydrogen-bond donors (Lipinski definition) is 0. The van der Waals surface area contributed by atoms with Gasteiger partial charge in [-0.15, -0.1) is 0 Å². The van der Waals surface area contributed by atoms with Crippen LogP contribution in [0.3, 0.4) is 0 Å². The lowest BCUT2D eigenvalue weighted by molar-refractivity contribution is 0.879. The van der Waals surface area contributed by atoms with Gasteiger partial charge in [-0.05, 0) is 30.1 Å². The molecule has 0 aliphatic heterocycles. The quantitative estimate of drug-likeness (QED) is 0.664. The van der Waals surface area contributed by atoms with E-state index in [0.29, 0.717) is 5.92 Å². The molecular weight excluding hydrogens is 180 g/mol. The van der Waals surface area contributed by atoms with E-state index in [1.807, 2.05) is 6.92 Å². The fourth-order valence-electron chi connectivity index (χ4n) is 2.11. The minimum absolute atomic E-state index is 0.491. The third kappa shape index (κ3) is 1.94. The molecule has 15 heavy (non-hydrogen) atoms. The molecular formula is C15H16. The Morgan fingerprint density at radius 2 is 1.93 bits per heavy atom. The van der Waals surface area contributed by atoms with Crippen molar-refractivity contribution in [3.05, 3.63) is 71.8 Å². The van der Waals surface area contributed by atoms with Gasteiger partial charge in [0.05, 0.1) is 0 Å². The highest BCUT2D eigenvalue weighted by atomic mass is 14.2. The van der Waals surface area contributed by atoms with E-state index >= 15 is 0 Å². The molecule has 1 unspecified atom stereocenters. The summed E-state index contributed by atoms with van der Waals surface area (Å²) in [7, 11) is 0. The highest BCUT2D eigenvalue weighted by molar-refractivity contribution is 5.50. The zero-order chi connectivity index (χ0) is 10.8. The Labute approximate surface area is 91.6 Å². The average molecular weight is 196 g/mol. The molecule has 1 aromatic rings. The first kappa shape index (κ1) is 9.97. The maximum Gasteiger partial charge on any atom is 0.00675 e. The number of allylic oxidation sites excluding steroid dienone is 4. The normalized spacial score (nSPS) is 20.2. The van der Waals surface area contributed by atoms with Gasteiger partial charge in [0.25, 0.3) is 0 Å². The second kappa shape index (κ2) is 3.90. The van der Waals surface area contributed by atoms with Crippen LogP contribution in [-0.2, 0) is 0 Å². The Morgan fingerprint density at radius 1 is 1.27 bits per heavy atom. The van der Waals surface area contributed by atoms with Crippen molar-refractivity contribution >= 4 is 0 Å². The Morgan fingerprint density at radius 3 is 2.47 bits per heavy atom. The molecule has 76 valence electrons. The molecule has 1 aromatic carbocycles. The summed E-state index contributed by atoms with van der Waals surface area (Å²) in [5.74, 6) is 0.491. The third-order valence-corrected chi connectivity index (χ3v) is 2.90. The van der Waals surface area contributed by atoms with Gasteiger partial charge in [-0.25, -0.2) is 0 Å². The molecule has 0 saturated heterocycles. The highest BCUT2D eigenvalue weighted by Crippen LogP contribution is 2.38. The van der Waals surface area contributed by atoms with Gasteiger partial charge in [-0.2, -0.15) is 0 Å². The van der Waals surface area contributed by atoms with E-state index in [4.69, 9.17) is 0 Å². The summed E-state index contributed by atoms with van der Waals surface area (Å²) in [4.78, 5) is 0. The van der Waals surface area contributed by atoms with Crippen LogP contribution in [0.2, 0.25) is 0 Å². The van der Waals surface area contributed by atoms with E-state index in [-0.39, 0.29) is 0 Å². The standard InChI is InChI=1S/C15H16/c1-11(2)15-10-14(9-12(15)3)13-7-5-4-6-8-13/h4-8,10,14H,1,3,9H2,2H3. The van der Waals surface area contributed by atoms with Gasteiger partial charge < -0.3 is 0 Å². The molecule has 1 aliphatic rings. The molecule has 0 bridgehead atoms. The molecule has 0 heterocycles. The number of hydrogen-bond acceptors (Lipinski definition) is 0. The van der Waals surface area contributed by atoms with Crippen molar-refractivity contribution in [2.75, 3.05) is 0 Å². The lowest BCUT2D eigenvalue weighted by Crippen LogP contribution is -1.89. The molecule has 0 N–H and O–H groups in total. The zero-order valence-corrected chi connectivity index (χ0v) is 9.16. The molecule has 0 heteroatoms. The van der Waals surface area contributed by atoms with Gasteiger partial charge in [-0.3, -0.25) is 0 Å². The molecule has 0 aromatic heterocycles. The van der Waals surface area contributed by atoms with Crippen molar-refractivity contribution in [2.45, 2.75) is 19.3 Å². The van der Waals surface area contributed by atoms with Crippen molar-refractivity contribution in [3.8, 4) is 0 Å². The molecule has 2 rings (SSSR count). The summed E-state index contributed by atoms with van der Waals surface area (Å²) in [5, 5.41) is 0. The fraction of sp³-hybridized carbons (Fsp3) is 0.200. The van der Waals surface area contributed by atoms with E-state index in [0.717, 1.165) is 12.0 Å². The third-order valence-electron chi connectivity index (χ3n) is 2.90. The molecule has 1 aliphatic carbocycles. The first-order valence-corrected chi connectivity index (χ1v) is 5.29. The van der Waals surface area contributed by atoms with Crippen LogP contribution in [0.25, 0.3) is 0 Å². The minimum atomic E-state index is 0.491. The summed E-state index contributed by atoms with van der Waals surface area (Å²) in [6.07, 6.45) is 3.33. The smallest absolute Gasteiger partial charge is 0.00675 e. The van der Waals surface area contributed by atoms with Gasteiger partial charge in [0, 0.05) is 5.92 Å². The molecule has 0 spiro atoms. The second-order valence-corrected chi connectivity index (χ2v) is 4.19. The van der Waals surface area contributed by atoms with E-state index in [9.17, 15) is 0 Å². The predicted molar refractivity (Wildman–Crippen MR) is 65.8 cm³/mol. The number of rotatable bonds is 2. The lowest BCUT2D eigenvalue weighted by Gasteiger charge is -2.06. The van der Waals surface area contributed by atoms with Gasteiger partial charge in [0.15, 0.2) is 0 Å². The largest absolute Gasteiger partial charge is 0.0955 e. The van der Waals surface area contributed by atoms with Crippen LogP contribution in [0, 0.1) is 0 Å². The van der Waals surface area contributed by atoms with Gasteiger partial charge >= 0.3 is 0 Å². The van der Waals surface area contributed by atoms with Crippen molar-refractivity contribution in [1.82, 2.24) is 0 Å². The topological polar surface area (TPSA) is 0 Å². The van der Waals surface area contributed by atoms with E-state index < -0.39 is 0 Å². The van der Waals surface area contributed by atoms with E-state index in [2.05, 4.69) is 49.6 Å². The van der Waals surface area contributed by atoms with E-state index in [1.165, 1.54) is 16.7 Å². The van der Waals surface area contributed by atoms with Crippen molar-refractivity contribution in [2.24, 2.45) is 0 Å². The number of benzene rings is 1. The van der Waals surface area contributed by atoms with Gasteiger partial charge in [0.1, 0.15) is 0 Å². The van der Waals surface area contributed by atoms with Crippen molar-refractivity contribution < 1.29 is 0 Å². The minimum Gasteiger partial charge on any atom is -0.0955 e. The molecule has 0 saturated carbocycles. The summed E-state index contributed by atoms with van der Waals surface area (Å²) >= 11 is 0. The Kier molecular flexibility index (Phi) is 2.59. The second-order valence-electron chi connectivity index (χ2n) is 4.19. The highest BCUT2D eigenvalue weighted by Gasteiger charge is 2.20. The van der Waals surface area contributed by atoms with Crippen LogP contribution in [0.5, 0.6) is 0 Å². The Bertz CT molecular complexity index is 421. The maximum absolute atomic E-state index is 4.10. The maximum atomic E-state index is 4.10. The van der Waals surface area contributed by atoms with Gasteiger partial charge in [0.2, 0.25) is 0 Å². The molecule has 0 radical (unpaired) electrons. The monoisotopic (exact) mass is 196 g/mol. The first-order valence-electron chi connectivity index (χ1n) is 5.29. The fourth-order valence-corrected chi connectivity index (χ4v) is 2.11. The molecule has 0 amide bonds. The first-order chi connectivity index (χ1) is 7.18. The Hall–Kier alpha value is -1.56. The molecule has 1 atom stereocenters. The van der Waals surface area contributed by atoms with Crippen LogP contribution < -0.4 is 0 Å². The Balaban J connectivity index is 2.29. The van der Waals surface area contributed by atoms with Crippen molar-refractivity contribution in [1.29, 1.82) is 0 Å². The summed E-state index contributed by atoms with van der Waals surface area (Å²) in [6.45, 7) is 10.1. The summed E-state index contributed by atoms with van der Waals surface area (Å²) in [5.41, 5.74) is 4.97. The average Bonchev–Trinajstić information content (AvgIpc) is 2.62. The zero-order valence-electron chi connectivity index (χ0n) is 9.16. The van der Waals surface area contributed by atoms with Crippen LogP contribution in [0.4, 0.5) is 0 Å². The summed E-state index contributed by atoms with van der Waals surface area (Å²) in [6, 6.07) is 10.6. The lowest BCUT2D eigenvalue weighted by atomic mass is 9.98. The van der Waals surface area contributed by atoms with Crippen LogP contribution in [-0.4, -0.2) is 0 Å². The molecule has 0 fully saturated rings. The molecule has 0 nitrogen and oxygen atoms in total. The summed E-state index contributed by atoms with van der Waals surface area (Å²) < 4.78 is 0. The van der Waals surface area contributed by atoms with Crippen LogP contribution >= 0.6 is 0 Å². The van der Waals surface area contributed by atoms with Gasteiger partial charge in [-0.1, -0.05) is 55.1 Å². The predicted octanol–water partition coefficient (Wildman–Crippen LogP) is 4.23. The van der Waals surface area contributed by atoms with Crippen LogP contribution in [0.1, 0.15) is 24.8 Å². The van der Waals surface area contributed by atoms with Crippen molar-refractivity contribution in [3.63, 3.8) is 0 Å². The SMILES string of the molecule is C=C(C)C1=CC(c2ccccc2)CC1=C. The van der Waals surface area contributed by atoms with Crippen LogP contribution in [0.15, 0.2) is 66.3 Å². The van der Waals surface area contributed by atoms with E-state index in [1.54, 1.807) is 0 Å².